The van der Waals surface area contributed by atoms with Gasteiger partial charge in [0.05, 0.1) is 19.4 Å². The second kappa shape index (κ2) is 5.66. The molecule has 0 amide bonds. The van der Waals surface area contributed by atoms with Crippen LogP contribution in [0.4, 0.5) is 5.69 Å². The molecule has 4 heteroatoms. The smallest absolute Gasteiger partial charge is 0.384 e. The zero-order chi connectivity index (χ0) is 12.0. The number of carbonyl (C=O) groups is 1. The van der Waals surface area contributed by atoms with Crippen molar-refractivity contribution in [1.82, 2.24) is 0 Å². The number of esters is 1. The van der Waals surface area contributed by atoms with Gasteiger partial charge in [-0.2, -0.15) is 0 Å². The Bertz CT molecular complexity index is 443. The molecule has 1 aromatic carbocycles. The maximum absolute atomic E-state index is 11.0. The van der Waals surface area contributed by atoms with E-state index >= 15 is 0 Å². The van der Waals surface area contributed by atoms with E-state index in [2.05, 4.69) is 16.6 Å². The maximum atomic E-state index is 11.0. The number of hydrogen-bond acceptors (Lipinski definition) is 4. The number of nitrogen functional groups attached to an aromatic ring is 1. The average molecular weight is 219 g/mol. The van der Waals surface area contributed by atoms with Crippen molar-refractivity contribution < 1.29 is 14.3 Å². The molecule has 0 fully saturated rings. The van der Waals surface area contributed by atoms with E-state index in [1.807, 2.05) is 0 Å². The lowest BCUT2D eigenvalue weighted by Gasteiger charge is -2.02. The first-order chi connectivity index (χ1) is 7.67. The SMILES string of the molecule is CCOC(=O)C#Cc1ccc(OC)cc1N. The second-order valence-corrected chi connectivity index (χ2v) is 2.92. The molecule has 0 aliphatic heterocycles. The fraction of sp³-hybridized carbons (Fsp3) is 0.250. The number of methoxy groups -OCH3 is 1. The molecule has 0 radical (unpaired) electrons. The number of rotatable bonds is 2. The fourth-order valence-electron chi connectivity index (χ4n) is 1.07. The Labute approximate surface area is 94.3 Å². The molecule has 0 bridgehead atoms. The minimum absolute atomic E-state index is 0.311. The summed E-state index contributed by atoms with van der Waals surface area (Å²) in [4.78, 5) is 11.0. The summed E-state index contributed by atoms with van der Waals surface area (Å²) in [6, 6.07) is 5.07. The third-order valence-electron chi connectivity index (χ3n) is 1.83. The van der Waals surface area contributed by atoms with Crippen molar-refractivity contribution in [3.8, 4) is 17.6 Å². The van der Waals surface area contributed by atoms with Crippen LogP contribution in [-0.2, 0) is 9.53 Å². The number of nitrogens with two attached hydrogens (primary N) is 1. The molecule has 2 N–H and O–H groups in total. The van der Waals surface area contributed by atoms with Crippen LogP contribution in [-0.4, -0.2) is 19.7 Å². The first kappa shape index (κ1) is 11.9. The summed E-state index contributed by atoms with van der Waals surface area (Å²) in [5, 5.41) is 0. The third kappa shape index (κ3) is 3.21. The normalized spacial score (nSPS) is 8.88. The highest BCUT2D eigenvalue weighted by atomic mass is 16.5. The largest absolute Gasteiger partial charge is 0.497 e. The summed E-state index contributed by atoms with van der Waals surface area (Å²) < 4.78 is 9.66. The van der Waals surface area contributed by atoms with E-state index < -0.39 is 5.97 Å². The summed E-state index contributed by atoms with van der Waals surface area (Å²) in [7, 11) is 1.55. The van der Waals surface area contributed by atoms with Gasteiger partial charge in [0.15, 0.2) is 0 Å². The van der Waals surface area contributed by atoms with Gasteiger partial charge in [0.25, 0.3) is 0 Å². The van der Waals surface area contributed by atoms with Crippen molar-refractivity contribution in [2.75, 3.05) is 19.5 Å². The van der Waals surface area contributed by atoms with Gasteiger partial charge in [-0.25, -0.2) is 4.79 Å². The molecule has 84 valence electrons. The van der Waals surface area contributed by atoms with Gasteiger partial charge < -0.3 is 15.2 Å². The molecule has 0 atom stereocenters. The molecule has 0 unspecified atom stereocenters. The Morgan fingerprint density at radius 3 is 2.81 bits per heavy atom. The van der Waals surface area contributed by atoms with E-state index in [0.717, 1.165) is 0 Å². The molecule has 0 aliphatic carbocycles. The topological polar surface area (TPSA) is 61.5 Å². The minimum atomic E-state index is -0.558. The van der Waals surface area contributed by atoms with Crippen molar-refractivity contribution in [3.63, 3.8) is 0 Å². The maximum Gasteiger partial charge on any atom is 0.384 e. The van der Waals surface area contributed by atoms with E-state index in [-0.39, 0.29) is 0 Å². The van der Waals surface area contributed by atoms with Gasteiger partial charge in [0.2, 0.25) is 0 Å². The Kier molecular flexibility index (Phi) is 4.22. The Morgan fingerprint density at radius 1 is 1.50 bits per heavy atom. The Balaban J connectivity index is 2.85. The van der Waals surface area contributed by atoms with E-state index in [1.165, 1.54) is 0 Å². The summed E-state index contributed by atoms with van der Waals surface area (Å²) >= 11 is 0. The molecule has 1 aromatic rings. The molecular weight excluding hydrogens is 206 g/mol. The van der Waals surface area contributed by atoms with Crippen LogP contribution in [0.1, 0.15) is 12.5 Å². The summed E-state index contributed by atoms with van der Waals surface area (Å²) in [5.41, 5.74) is 6.77. The van der Waals surface area contributed by atoms with Crippen molar-refractivity contribution in [2.24, 2.45) is 0 Å². The number of hydrogen-bond donors (Lipinski definition) is 1. The van der Waals surface area contributed by atoms with Crippen LogP contribution in [0.2, 0.25) is 0 Å². The van der Waals surface area contributed by atoms with Crippen molar-refractivity contribution >= 4 is 11.7 Å². The standard InChI is InChI=1S/C12H13NO3/c1-3-16-12(14)7-5-9-4-6-10(15-2)8-11(9)13/h4,6,8H,3,13H2,1-2H3. The van der Waals surface area contributed by atoms with Crippen LogP contribution in [0.3, 0.4) is 0 Å². The average Bonchev–Trinajstić information content (AvgIpc) is 2.27. The molecular formula is C12H13NO3. The first-order valence-corrected chi connectivity index (χ1v) is 4.79. The number of anilines is 1. The fourth-order valence-corrected chi connectivity index (χ4v) is 1.07. The molecule has 0 heterocycles. The molecule has 0 aromatic heterocycles. The van der Waals surface area contributed by atoms with E-state index in [0.29, 0.717) is 23.6 Å². The van der Waals surface area contributed by atoms with Gasteiger partial charge in [-0.05, 0) is 19.1 Å². The molecule has 4 nitrogen and oxygen atoms in total. The van der Waals surface area contributed by atoms with E-state index in [4.69, 9.17) is 10.5 Å². The molecule has 0 saturated heterocycles. The lowest BCUT2D eigenvalue weighted by molar-refractivity contribution is -0.136. The lowest BCUT2D eigenvalue weighted by Crippen LogP contribution is -2.00. The van der Waals surface area contributed by atoms with Crippen LogP contribution in [0.5, 0.6) is 5.75 Å². The van der Waals surface area contributed by atoms with Crippen LogP contribution in [0.25, 0.3) is 0 Å². The highest BCUT2D eigenvalue weighted by Crippen LogP contribution is 2.18. The van der Waals surface area contributed by atoms with Gasteiger partial charge in [-0.3, -0.25) is 0 Å². The van der Waals surface area contributed by atoms with Crippen LogP contribution in [0, 0.1) is 11.8 Å². The second-order valence-electron chi connectivity index (χ2n) is 2.92. The zero-order valence-electron chi connectivity index (χ0n) is 9.24. The van der Waals surface area contributed by atoms with Gasteiger partial charge in [-0.15, -0.1) is 0 Å². The summed E-state index contributed by atoms with van der Waals surface area (Å²) in [5.74, 6) is 5.08. The van der Waals surface area contributed by atoms with E-state index in [9.17, 15) is 4.79 Å². The van der Waals surface area contributed by atoms with Crippen LogP contribution in [0.15, 0.2) is 18.2 Å². The Morgan fingerprint density at radius 2 is 2.25 bits per heavy atom. The van der Waals surface area contributed by atoms with Crippen LogP contribution >= 0.6 is 0 Å². The highest BCUT2D eigenvalue weighted by molar-refractivity contribution is 5.89. The summed E-state index contributed by atoms with van der Waals surface area (Å²) in [6.07, 6.45) is 0. The van der Waals surface area contributed by atoms with Gasteiger partial charge in [0, 0.05) is 17.6 Å². The van der Waals surface area contributed by atoms with Gasteiger partial charge in [0.1, 0.15) is 5.75 Å². The lowest BCUT2D eigenvalue weighted by atomic mass is 10.2. The van der Waals surface area contributed by atoms with Crippen molar-refractivity contribution in [1.29, 1.82) is 0 Å². The zero-order valence-corrected chi connectivity index (χ0v) is 9.24. The van der Waals surface area contributed by atoms with E-state index in [1.54, 1.807) is 32.2 Å². The molecule has 1 rings (SSSR count). The van der Waals surface area contributed by atoms with Crippen molar-refractivity contribution in [3.05, 3.63) is 23.8 Å². The molecule has 0 aliphatic rings. The van der Waals surface area contributed by atoms with Crippen molar-refractivity contribution in [2.45, 2.75) is 6.92 Å². The molecule has 0 spiro atoms. The van der Waals surface area contributed by atoms with Crippen LogP contribution < -0.4 is 10.5 Å². The number of benzene rings is 1. The molecule has 16 heavy (non-hydrogen) atoms. The number of ether oxygens (including phenoxy) is 2. The summed E-state index contributed by atoms with van der Waals surface area (Å²) in [6.45, 7) is 2.03. The Hall–Kier alpha value is -2.15. The predicted molar refractivity (Wildman–Crippen MR) is 60.9 cm³/mol. The van der Waals surface area contributed by atoms with Gasteiger partial charge >= 0.3 is 5.97 Å². The van der Waals surface area contributed by atoms with Gasteiger partial charge in [-0.1, -0.05) is 5.92 Å². The third-order valence-corrected chi connectivity index (χ3v) is 1.83. The highest BCUT2D eigenvalue weighted by Gasteiger charge is 1.99. The quantitative estimate of drug-likeness (QED) is 0.461. The minimum Gasteiger partial charge on any atom is -0.497 e. The predicted octanol–water partition coefficient (Wildman–Crippen LogP) is 1.19. The monoisotopic (exact) mass is 219 g/mol. The first-order valence-electron chi connectivity index (χ1n) is 4.79. The molecule has 0 saturated carbocycles. The number of carbonyl (C=O) groups excluding carboxylic acids is 1.